The molecule has 10 heteroatoms. The highest BCUT2D eigenvalue weighted by Gasteiger charge is 2.19. The molecule has 0 aliphatic carbocycles. The van der Waals surface area contributed by atoms with Crippen molar-refractivity contribution in [3.8, 4) is 10.7 Å². The van der Waals surface area contributed by atoms with E-state index in [2.05, 4.69) is 20.6 Å². The molecule has 2 amide bonds. The van der Waals surface area contributed by atoms with Crippen LogP contribution in [0.25, 0.3) is 10.7 Å². The van der Waals surface area contributed by atoms with Gasteiger partial charge in [-0.1, -0.05) is 29.5 Å². The monoisotopic (exact) mass is 419 g/mol. The van der Waals surface area contributed by atoms with E-state index in [1.807, 2.05) is 19.1 Å². The van der Waals surface area contributed by atoms with Crippen molar-refractivity contribution in [1.82, 2.24) is 19.9 Å². The number of aromatic nitrogens is 3. The first kappa shape index (κ1) is 20.6. The van der Waals surface area contributed by atoms with E-state index < -0.39 is 6.55 Å². The molecule has 0 saturated carbocycles. The SMILES string of the molecule is Cc1ccccc1C(=O)NCCC(=O)Nc1nc(C)c(-c2nccn2C(F)F)s1. The molecule has 0 aliphatic heterocycles. The lowest BCUT2D eigenvalue weighted by Crippen LogP contribution is -2.28. The number of carbonyl (C=O) groups is 2. The van der Waals surface area contributed by atoms with Crippen molar-refractivity contribution >= 4 is 28.3 Å². The van der Waals surface area contributed by atoms with Crippen LogP contribution in [0.1, 0.15) is 34.6 Å². The lowest BCUT2D eigenvalue weighted by Gasteiger charge is -2.07. The molecule has 0 atom stereocenters. The summed E-state index contributed by atoms with van der Waals surface area (Å²) in [6.45, 7) is 0.938. The Labute approximate surface area is 169 Å². The number of rotatable bonds is 7. The predicted octanol–water partition coefficient (Wildman–Crippen LogP) is 3.78. The van der Waals surface area contributed by atoms with Gasteiger partial charge in [0.2, 0.25) is 5.91 Å². The van der Waals surface area contributed by atoms with Gasteiger partial charge in [0.15, 0.2) is 11.0 Å². The Morgan fingerprint density at radius 2 is 2.00 bits per heavy atom. The lowest BCUT2D eigenvalue weighted by atomic mass is 10.1. The Kier molecular flexibility index (Phi) is 6.32. The quantitative estimate of drug-likeness (QED) is 0.610. The number of imidazole rings is 1. The van der Waals surface area contributed by atoms with Crippen LogP contribution in [0, 0.1) is 13.8 Å². The molecule has 29 heavy (non-hydrogen) atoms. The first-order valence-corrected chi connectivity index (χ1v) is 9.61. The molecule has 1 aromatic carbocycles. The molecule has 3 aromatic rings. The Balaban J connectivity index is 1.57. The van der Waals surface area contributed by atoms with Crippen molar-refractivity contribution in [2.24, 2.45) is 0 Å². The maximum Gasteiger partial charge on any atom is 0.320 e. The zero-order valence-electron chi connectivity index (χ0n) is 15.8. The molecule has 2 aromatic heterocycles. The van der Waals surface area contributed by atoms with Crippen LogP contribution < -0.4 is 10.6 Å². The largest absolute Gasteiger partial charge is 0.352 e. The van der Waals surface area contributed by atoms with Crippen LogP contribution in [-0.2, 0) is 4.79 Å². The molecule has 2 N–H and O–H groups in total. The number of alkyl halides is 2. The number of carbonyl (C=O) groups excluding carboxylic acids is 2. The summed E-state index contributed by atoms with van der Waals surface area (Å²) in [5.74, 6) is -0.490. The molecular formula is C19H19F2N5O2S. The fourth-order valence-electron chi connectivity index (χ4n) is 2.70. The van der Waals surface area contributed by atoms with Crippen molar-refractivity contribution in [2.75, 3.05) is 11.9 Å². The van der Waals surface area contributed by atoms with Gasteiger partial charge in [0.1, 0.15) is 0 Å². The zero-order chi connectivity index (χ0) is 21.0. The number of aryl methyl sites for hydroxylation is 2. The normalized spacial score (nSPS) is 10.9. The van der Waals surface area contributed by atoms with E-state index in [1.54, 1.807) is 19.1 Å². The third-order valence-electron chi connectivity index (χ3n) is 4.15. The van der Waals surface area contributed by atoms with Gasteiger partial charge in [0, 0.05) is 30.9 Å². The van der Waals surface area contributed by atoms with Crippen molar-refractivity contribution in [2.45, 2.75) is 26.8 Å². The van der Waals surface area contributed by atoms with E-state index in [0.717, 1.165) is 21.5 Å². The molecule has 2 heterocycles. The summed E-state index contributed by atoms with van der Waals surface area (Å²) in [6.07, 6.45) is 2.53. The molecule has 0 saturated heterocycles. The van der Waals surface area contributed by atoms with Gasteiger partial charge in [-0.15, -0.1) is 0 Å². The number of hydrogen-bond donors (Lipinski definition) is 2. The highest BCUT2D eigenvalue weighted by molar-refractivity contribution is 7.19. The maximum absolute atomic E-state index is 13.1. The van der Waals surface area contributed by atoms with Gasteiger partial charge in [0.25, 0.3) is 5.91 Å². The minimum absolute atomic E-state index is 0.0528. The van der Waals surface area contributed by atoms with Gasteiger partial charge < -0.3 is 10.6 Å². The van der Waals surface area contributed by atoms with Crippen molar-refractivity contribution in [3.63, 3.8) is 0 Å². The smallest absolute Gasteiger partial charge is 0.320 e. The minimum Gasteiger partial charge on any atom is -0.352 e. The zero-order valence-corrected chi connectivity index (χ0v) is 16.6. The summed E-state index contributed by atoms with van der Waals surface area (Å²) in [4.78, 5) is 32.9. The number of nitrogens with one attached hydrogen (secondary N) is 2. The number of amides is 2. The van der Waals surface area contributed by atoms with E-state index >= 15 is 0 Å². The third kappa shape index (κ3) is 4.83. The second-order valence-electron chi connectivity index (χ2n) is 6.24. The van der Waals surface area contributed by atoms with Gasteiger partial charge >= 0.3 is 6.55 Å². The Morgan fingerprint density at radius 1 is 1.24 bits per heavy atom. The first-order valence-electron chi connectivity index (χ1n) is 8.79. The second-order valence-corrected chi connectivity index (χ2v) is 7.24. The topological polar surface area (TPSA) is 88.9 Å². The number of thiazole rings is 1. The predicted molar refractivity (Wildman–Crippen MR) is 106 cm³/mol. The molecule has 3 rings (SSSR count). The van der Waals surface area contributed by atoms with Crippen LogP contribution in [0.2, 0.25) is 0 Å². The van der Waals surface area contributed by atoms with Gasteiger partial charge in [-0.05, 0) is 25.5 Å². The van der Waals surface area contributed by atoms with Crippen molar-refractivity contribution < 1.29 is 18.4 Å². The van der Waals surface area contributed by atoms with Crippen LogP contribution in [0.4, 0.5) is 13.9 Å². The van der Waals surface area contributed by atoms with Crippen LogP contribution in [0.15, 0.2) is 36.7 Å². The maximum atomic E-state index is 13.1. The fourth-order valence-corrected chi connectivity index (χ4v) is 3.68. The average Bonchev–Trinajstić information content (AvgIpc) is 3.28. The van der Waals surface area contributed by atoms with Crippen molar-refractivity contribution in [1.29, 1.82) is 0 Å². The highest BCUT2D eigenvalue weighted by atomic mass is 32.1. The summed E-state index contributed by atoms with van der Waals surface area (Å²) in [5, 5.41) is 5.62. The molecular weight excluding hydrogens is 400 g/mol. The molecule has 152 valence electrons. The number of anilines is 1. The average molecular weight is 419 g/mol. The van der Waals surface area contributed by atoms with Gasteiger partial charge in [-0.2, -0.15) is 8.78 Å². The number of benzene rings is 1. The van der Waals surface area contributed by atoms with E-state index in [1.165, 1.54) is 12.4 Å². The summed E-state index contributed by atoms with van der Waals surface area (Å²) < 4.78 is 26.8. The van der Waals surface area contributed by atoms with Crippen molar-refractivity contribution in [3.05, 3.63) is 53.5 Å². The van der Waals surface area contributed by atoms with E-state index in [0.29, 0.717) is 16.1 Å². The Bertz CT molecular complexity index is 1030. The number of hydrogen-bond acceptors (Lipinski definition) is 5. The van der Waals surface area contributed by atoms with E-state index in [-0.39, 0.29) is 35.7 Å². The second kappa shape index (κ2) is 8.91. The van der Waals surface area contributed by atoms with Gasteiger partial charge in [0.05, 0.1) is 10.6 Å². The molecule has 0 aliphatic rings. The lowest BCUT2D eigenvalue weighted by molar-refractivity contribution is -0.116. The molecule has 0 fully saturated rings. The highest BCUT2D eigenvalue weighted by Crippen LogP contribution is 2.33. The third-order valence-corrected chi connectivity index (χ3v) is 5.22. The molecule has 0 spiro atoms. The first-order chi connectivity index (χ1) is 13.9. The number of nitrogens with zero attached hydrogens (tertiary/aromatic N) is 3. The Morgan fingerprint density at radius 3 is 2.72 bits per heavy atom. The molecule has 0 unspecified atom stereocenters. The Hall–Kier alpha value is -3.14. The van der Waals surface area contributed by atoms with Crippen LogP contribution in [0.3, 0.4) is 0 Å². The number of halogens is 2. The standard InChI is InChI=1S/C19H19F2N5O2S/c1-11-5-3-4-6-13(11)17(28)23-8-7-14(27)25-19-24-12(2)15(29-19)16-22-9-10-26(16)18(20)21/h3-6,9-10,18H,7-8H2,1-2H3,(H,23,28)(H,24,25,27). The van der Waals surface area contributed by atoms with Gasteiger partial charge in [-0.3, -0.25) is 14.2 Å². The molecule has 0 bridgehead atoms. The van der Waals surface area contributed by atoms with Crippen LogP contribution in [0.5, 0.6) is 0 Å². The fraction of sp³-hybridized carbons (Fsp3) is 0.263. The summed E-state index contributed by atoms with van der Waals surface area (Å²) >= 11 is 1.07. The van der Waals surface area contributed by atoms with E-state index in [9.17, 15) is 18.4 Å². The molecule has 0 radical (unpaired) electrons. The summed E-state index contributed by atoms with van der Waals surface area (Å²) in [5.41, 5.74) is 1.90. The summed E-state index contributed by atoms with van der Waals surface area (Å²) in [7, 11) is 0. The van der Waals surface area contributed by atoms with Crippen LogP contribution >= 0.6 is 11.3 Å². The van der Waals surface area contributed by atoms with E-state index in [4.69, 9.17) is 0 Å². The minimum atomic E-state index is -2.72. The summed E-state index contributed by atoms with van der Waals surface area (Å²) in [6, 6.07) is 7.17. The van der Waals surface area contributed by atoms with Gasteiger partial charge in [-0.25, -0.2) is 9.97 Å². The van der Waals surface area contributed by atoms with Crippen LogP contribution in [-0.4, -0.2) is 32.9 Å². The molecule has 7 nitrogen and oxygen atoms in total.